The van der Waals surface area contributed by atoms with Crippen molar-refractivity contribution < 1.29 is 22.8 Å². The Kier molecular flexibility index (Phi) is 7.05. The lowest BCUT2D eigenvalue weighted by atomic mass is 9.93. The predicted molar refractivity (Wildman–Crippen MR) is 105 cm³/mol. The van der Waals surface area contributed by atoms with Gasteiger partial charge in [0.05, 0.1) is 17.1 Å². The van der Waals surface area contributed by atoms with Crippen molar-refractivity contribution in [3.8, 4) is 0 Å². The average Bonchev–Trinajstić information content (AvgIpc) is 3.19. The zero-order valence-electron chi connectivity index (χ0n) is 16.1. The Labute approximate surface area is 173 Å². The lowest BCUT2D eigenvalue weighted by Crippen LogP contribution is -2.40. The Morgan fingerprint density at radius 1 is 1.10 bits per heavy atom. The molecule has 0 bridgehead atoms. The van der Waals surface area contributed by atoms with Crippen molar-refractivity contribution in [3.63, 3.8) is 0 Å². The summed E-state index contributed by atoms with van der Waals surface area (Å²) in [5.41, 5.74) is -0.904. The summed E-state index contributed by atoms with van der Waals surface area (Å²) in [6.45, 7) is 3.22. The van der Waals surface area contributed by atoms with E-state index in [9.17, 15) is 22.8 Å². The SMILES string of the molecule is O=C(CN1CCC(CC(=O)N2CCCC2)CC1)Nc1ccc(Cl)c(C(F)(F)F)c1. The van der Waals surface area contributed by atoms with Gasteiger partial charge in [-0.3, -0.25) is 14.5 Å². The first-order chi connectivity index (χ1) is 13.7. The van der Waals surface area contributed by atoms with Crippen molar-refractivity contribution in [3.05, 3.63) is 28.8 Å². The maximum absolute atomic E-state index is 12.9. The van der Waals surface area contributed by atoms with Crippen LogP contribution in [0.4, 0.5) is 18.9 Å². The molecule has 0 aromatic heterocycles. The second-order valence-corrected chi connectivity index (χ2v) is 8.16. The number of halogens is 4. The van der Waals surface area contributed by atoms with E-state index in [1.165, 1.54) is 6.07 Å². The second kappa shape index (κ2) is 9.34. The number of piperidine rings is 1. The molecule has 3 rings (SSSR count). The Morgan fingerprint density at radius 2 is 1.76 bits per heavy atom. The Hall–Kier alpha value is -1.80. The van der Waals surface area contributed by atoms with E-state index >= 15 is 0 Å². The molecule has 9 heteroatoms. The molecular formula is C20H25ClF3N3O2. The van der Waals surface area contributed by atoms with Crippen LogP contribution in [0, 0.1) is 5.92 Å². The molecule has 2 amide bonds. The molecular weight excluding hydrogens is 407 g/mol. The fraction of sp³-hybridized carbons (Fsp3) is 0.600. The van der Waals surface area contributed by atoms with Crippen molar-refractivity contribution in [2.75, 3.05) is 38.0 Å². The van der Waals surface area contributed by atoms with E-state index in [4.69, 9.17) is 11.6 Å². The van der Waals surface area contributed by atoms with E-state index in [-0.39, 0.29) is 24.0 Å². The molecule has 0 spiro atoms. The third-order valence-electron chi connectivity index (χ3n) is 5.55. The fourth-order valence-electron chi connectivity index (χ4n) is 3.92. The normalized spacial score (nSPS) is 18.8. The number of benzene rings is 1. The first kappa shape index (κ1) is 21.9. The highest BCUT2D eigenvalue weighted by Crippen LogP contribution is 2.36. The smallest absolute Gasteiger partial charge is 0.343 e. The van der Waals surface area contributed by atoms with E-state index in [1.54, 1.807) is 0 Å². The Morgan fingerprint density at radius 3 is 2.38 bits per heavy atom. The van der Waals surface area contributed by atoms with Crippen LogP contribution in [-0.4, -0.2) is 54.3 Å². The summed E-state index contributed by atoms with van der Waals surface area (Å²) in [5, 5.41) is 2.11. The summed E-state index contributed by atoms with van der Waals surface area (Å²) < 4.78 is 38.8. The van der Waals surface area contributed by atoms with E-state index in [0.717, 1.165) is 50.9 Å². The minimum atomic E-state index is -4.58. The molecule has 0 unspecified atom stereocenters. The van der Waals surface area contributed by atoms with Crippen molar-refractivity contribution >= 4 is 29.1 Å². The zero-order chi connectivity index (χ0) is 21.0. The van der Waals surface area contributed by atoms with Gasteiger partial charge in [0.1, 0.15) is 0 Å². The molecule has 0 aliphatic carbocycles. The summed E-state index contributed by atoms with van der Waals surface area (Å²) in [6, 6.07) is 3.32. The van der Waals surface area contributed by atoms with Crippen LogP contribution in [0.3, 0.4) is 0 Å². The topological polar surface area (TPSA) is 52.7 Å². The van der Waals surface area contributed by atoms with Gasteiger partial charge in [0.2, 0.25) is 11.8 Å². The minimum Gasteiger partial charge on any atom is -0.343 e. The number of anilines is 1. The molecule has 2 aliphatic rings. The molecule has 1 N–H and O–H groups in total. The van der Waals surface area contributed by atoms with Crippen LogP contribution < -0.4 is 5.32 Å². The Bertz CT molecular complexity index is 743. The van der Waals surface area contributed by atoms with Crippen molar-refractivity contribution in [2.45, 2.75) is 38.3 Å². The third kappa shape index (κ3) is 6.09. The van der Waals surface area contributed by atoms with Gasteiger partial charge >= 0.3 is 6.18 Å². The number of rotatable bonds is 5. The van der Waals surface area contributed by atoms with Crippen LogP contribution in [0.5, 0.6) is 0 Å². The number of alkyl halides is 3. The van der Waals surface area contributed by atoms with Gasteiger partial charge < -0.3 is 10.2 Å². The number of amides is 2. The van der Waals surface area contributed by atoms with Crippen molar-refractivity contribution in [1.29, 1.82) is 0 Å². The molecule has 5 nitrogen and oxygen atoms in total. The lowest BCUT2D eigenvalue weighted by Gasteiger charge is -2.31. The van der Waals surface area contributed by atoms with E-state index < -0.39 is 16.8 Å². The van der Waals surface area contributed by atoms with Crippen molar-refractivity contribution in [1.82, 2.24) is 9.80 Å². The highest BCUT2D eigenvalue weighted by Gasteiger charge is 2.33. The minimum absolute atomic E-state index is 0.0674. The second-order valence-electron chi connectivity index (χ2n) is 7.75. The fourth-order valence-corrected chi connectivity index (χ4v) is 4.14. The monoisotopic (exact) mass is 431 g/mol. The van der Waals surface area contributed by atoms with Gasteiger partial charge in [0.15, 0.2) is 0 Å². The molecule has 29 heavy (non-hydrogen) atoms. The van der Waals surface area contributed by atoms with Gasteiger partial charge in [0, 0.05) is 25.2 Å². The molecule has 160 valence electrons. The first-order valence-electron chi connectivity index (χ1n) is 9.89. The Balaban J connectivity index is 1.44. The number of nitrogens with one attached hydrogen (secondary N) is 1. The quantitative estimate of drug-likeness (QED) is 0.766. The molecule has 0 radical (unpaired) electrons. The number of carbonyl (C=O) groups is 2. The molecule has 0 saturated carbocycles. The molecule has 2 heterocycles. The van der Waals surface area contributed by atoms with Gasteiger partial charge in [-0.25, -0.2) is 0 Å². The van der Waals surface area contributed by atoms with Crippen LogP contribution in [0.15, 0.2) is 18.2 Å². The molecule has 1 aromatic rings. The van der Waals surface area contributed by atoms with Gasteiger partial charge in [-0.2, -0.15) is 13.2 Å². The number of hydrogen-bond acceptors (Lipinski definition) is 3. The van der Waals surface area contributed by atoms with Crippen LogP contribution >= 0.6 is 11.6 Å². The number of carbonyl (C=O) groups excluding carboxylic acids is 2. The zero-order valence-corrected chi connectivity index (χ0v) is 16.9. The highest BCUT2D eigenvalue weighted by molar-refractivity contribution is 6.31. The summed E-state index contributed by atoms with van der Waals surface area (Å²) >= 11 is 5.60. The molecule has 2 aliphatic heterocycles. The largest absolute Gasteiger partial charge is 0.417 e. The maximum Gasteiger partial charge on any atom is 0.417 e. The highest BCUT2D eigenvalue weighted by atomic mass is 35.5. The maximum atomic E-state index is 12.9. The summed E-state index contributed by atoms with van der Waals surface area (Å²) in [7, 11) is 0. The molecule has 2 fully saturated rings. The molecule has 1 aromatic carbocycles. The summed E-state index contributed by atoms with van der Waals surface area (Å²) in [4.78, 5) is 28.4. The van der Waals surface area contributed by atoms with Gasteiger partial charge in [-0.1, -0.05) is 11.6 Å². The van der Waals surface area contributed by atoms with E-state index in [0.29, 0.717) is 25.4 Å². The van der Waals surface area contributed by atoms with Crippen LogP contribution in [0.2, 0.25) is 5.02 Å². The predicted octanol–water partition coefficient (Wildman–Crippen LogP) is 4.02. The first-order valence-corrected chi connectivity index (χ1v) is 10.3. The van der Waals surface area contributed by atoms with Crippen LogP contribution in [-0.2, 0) is 15.8 Å². The molecule has 0 atom stereocenters. The number of hydrogen-bond donors (Lipinski definition) is 1. The summed E-state index contributed by atoms with van der Waals surface area (Å²) in [6.07, 6.45) is -0.177. The number of likely N-dealkylation sites (tertiary alicyclic amines) is 2. The van der Waals surface area contributed by atoms with Gasteiger partial charge in [-0.15, -0.1) is 0 Å². The summed E-state index contributed by atoms with van der Waals surface area (Å²) in [5.74, 6) is 0.182. The van der Waals surface area contributed by atoms with E-state index in [1.807, 2.05) is 9.80 Å². The van der Waals surface area contributed by atoms with Crippen LogP contribution in [0.25, 0.3) is 0 Å². The number of nitrogens with zero attached hydrogens (tertiary/aromatic N) is 2. The van der Waals surface area contributed by atoms with Crippen molar-refractivity contribution in [2.24, 2.45) is 5.92 Å². The third-order valence-corrected chi connectivity index (χ3v) is 5.88. The van der Waals surface area contributed by atoms with Gasteiger partial charge in [0.25, 0.3) is 0 Å². The van der Waals surface area contributed by atoms with E-state index in [2.05, 4.69) is 5.32 Å². The lowest BCUT2D eigenvalue weighted by molar-refractivity contribution is -0.137. The standard InChI is InChI=1S/C20H25ClF3N3O2/c21-17-4-3-15(12-16(17)20(22,23)24)25-18(28)13-26-9-5-14(6-10-26)11-19(29)27-7-1-2-8-27/h3-4,12,14H,1-2,5-11,13H2,(H,25,28). The van der Waals surface area contributed by atoms with Crippen LogP contribution in [0.1, 0.15) is 37.7 Å². The molecule has 2 saturated heterocycles. The average molecular weight is 432 g/mol. The van der Waals surface area contributed by atoms with Gasteiger partial charge in [-0.05, 0) is 62.9 Å².